The highest BCUT2D eigenvalue weighted by molar-refractivity contribution is 4.73. The van der Waals surface area contributed by atoms with Crippen molar-refractivity contribution in [2.24, 2.45) is 0 Å². The second kappa shape index (κ2) is 6.77. The maximum atomic E-state index is 9.49. The van der Waals surface area contributed by atoms with Gasteiger partial charge < -0.3 is 14.7 Å². The number of hydrogen-bond acceptors (Lipinski definition) is 2. The topological polar surface area (TPSA) is 40.5 Å². The van der Waals surface area contributed by atoms with E-state index in [0.29, 0.717) is 17.6 Å². The third kappa shape index (κ3) is 5.72. The second-order valence-electron chi connectivity index (χ2n) is 4.35. The highest BCUT2D eigenvalue weighted by Gasteiger charge is 2.28. The van der Waals surface area contributed by atoms with Crippen LogP contribution < -0.4 is 0 Å². The Morgan fingerprint density at radius 2 is 1.33 bits per heavy atom. The van der Waals surface area contributed by atoms with Crippen molar-refractivity contribution in [1.82, 2.24) is 0 Å². The van der Waals surface area contributed by atoms with Gasteiger partial charge in [-0.05, 0) is 26.0 Å². The molecule has 0 saturated carbocycles. The van der Waals surface area contributed by atoms with Gasteiger partial charge in [-0.1, -0.05) is 13.2 Å². The number of quaternary nitrogens is 1. The lowest BCUT2D eigenvalue weighted by Gasteiger charge is -2.38. The summed E-state index contributed by atoms with van der Waals surface area (Å²) in [5.41, 5.74) is 0. The lowest BCUT2D eigenvalue weighted by molar-refractivity contribution is -0.922. The molecule has 0 bridgehead atoms. The van der Waals surface area contributed by atoms with Crippen LogP contribution in [0.2, 0.25) is 0 Å². The first-order valence-corrected chi connectivity index (χ1v) is 5.39. The normalized spacial score (nSPS) is 15.7. The molecule has 0 aromatic rings. The van der Waals surface area contributed by atoms with Crippen molar-refractivity contribution in [2.45, 2.75) is 26.1 Å². The van der Waals surface area contributed by atoms with Gasteiger partial charge in [-0.25, -0.2) is 0 Å². The van der Waals surface area contributed by atoms with Crippen LogP contribution in [0.4, 0.5) is 0 Å². The number of aliphatic hydroxyl groups excluding tert-OH is 2. The first kappa shape index (κ1) is 14.4. The zero-order valence-electron chi connectivity index (χ0n) is 9.89. The van der Waals surface area contributed by atoms with E-state index in [2.05, 4.69) is 13.2 Å². The van der Waals surface area contributed by atoms with Gasteiger partial charge >= 0.3 is 0 Å². The lowest BCUT2D eigenvalue weighted by atomic mass is 10.2. The molecule has 0 aromatic heterocycles. The van der Waals surface area contributed by atoms with Gasteiger partial charge in [0.1, 0.15) is 25.3 Å². The van der Waals surface area contributed by atoms with Gasteiger partial charge in [0.2, 0.25) is 0 Å². The van der Waals surface area contributed by atoms with E-state index >= 15 is 0 Å². The molecule has 3 nitrogen and oxygen atoms in total. The smallest absolute Gasteiger partial charge is 0.105 e. The average molecular weight is 214 g/mol. The zero-order valence-corrected chi connectivity index (χ0v) is 9.89. The van der Waals surface area contributed by atoms with Crippen LogP contribution in [0.5, 0.6) is 0 Å². The molecule has 2 unspecified atom stereocenters. The highest BCUT2D eigenvalue weighted by Crippen LogP contribution is 2.11. The number of rotatable bonds is 8. The molecule has 0 rings (SSSR count). The van der Waals surface area contributed by atoms with E-state index in [4.69, 9.17) is 0 Å². The Hall–Kier alpha value is -0.640. The maximum absolute atomic E-state index is 9.49. The number of hydrogen-bond donors (Lipinski definition) is 2. The molecule has 0 amide bonds. The van der Waals surface area contributed by atoms with Crippen molar-refractivity contribution in [3.63, 3.8) is 0 Å². The van der Waals surface area contributed by atoms with Crippen molar-refractivity contribution < 1.29 is 14.7 Å². The van der Waals surface area contributed by atoms with Crippen LogP contribution in [0.1, 0.15) is 13.8 Å². The fourth-order valence-corrected chi connectivity index (χ4v) is 2.12. The molecule has 0 spiro atoms. The van der Waals surface area contributed by atoms with E-state index in [1.165, 1.54) is 0 Å². The average Bonchev–Trinajstić information content (AvgIpc) is 2.01. The summed E-state index contributed by atoms with van der Waals surface area (Å²) in [6, 6.07) is 0. The monoisotopic (exact) mass is 214 g/mol. The van der Waals surface area contributed by atoms with Gasteiger partial charge in [-0.3, -0.25) is 0 Å². The molecule has 0 fully saturated rings. The summed E-state index contributed by atoms with van der Waals surface area (Å²) in [5.74, 6) is 0. The van der Waals surface area contributed by atoms with Crippen molar-refractivity contribution in [1.29, 1.82) is 0 Å². The summed E-state index contributed by atoms with van der Waals surface area (Å²) in [6.07, 6.45) is 2.88. The molecule has 15 heavy (non-hydrogen) atoms. The van der Waals surface area contributed by atoms with Gasteiger partial charge in [0.15, 0.2) is 0 Å². The molecule has 0 aliphatic heterocycles. The Morgan fingerprint density at radius 1 is 1.00 bits per heavy atom. The SMILES string of the molecule is C=CC[N+](CC=C)(CC(C)O)CC(C)O. The Kier molecular flexibility index (Phi) is 6.48. The van der Waals surface area contributed by atoms with Crippen LogP contribution in [-0.2, 0) is 0 Å². The molecule has 0 saturated heterocycles. The van der Waals surface area contributed by atoms with Crippen molar-refractivity contribution in [3.05, 3.63) is 25.3 Å². The molecule has 0 heterocycles. The third-order valence-corrected chi connectivity index (χ3v) is 2.34. The van der Waals surface area contributed by atoms with Crippen LogP contribution in [0, 0.1) is 0 Å². The quantitative estimate of drug-likeness (QED) is 0.466. The Balaban J connectivity index is 4.69. The predicted octanol–water partition coefficient (Wildman–Crippen LogP) is 0.937. The summed E-state index contributed by atoms with van der Waals surface area (Å²) >= 11 is 0. The molecule has 3 heteroatoms. The standard InChI is InChI=1S/C12H24NO2/c1-5-7-13(8-6-2,9-11(3)14)10-12(4)15/h5-6,11-12,14-15H,1-2,7-10H2,3-4H3/q+1. The molecule has 0 aliphatic carbocycles. The molecule has 88 valence electrons. The minimum atomic E-state index is -0.386. The fraction of sp³-hybridized carbons (Fsp3) is 0.667. The van der Waals surface area contributed by atoms with Crippen molar-refractivity contribution >= 4 is 0 Å². The van der Waals surface area contributed by atoms with E-state index in [-0.39, 0.29) is 12.2 Å². The van der Waals surface area contributed by atoms with Gasteiger partial charge in [-0.2, -0.15) is 0 Å². The van der Waals surface area contributed by atoms with Gasteiger partial charge in [0.05, 0.1) is 13.1 Å². The Labute approximate surface area is 92.9 Å². The second-order valence-corrected chi connectivity index (χ2v) is 4.35. The molecule has 2 N–H and O–H groups in total. The van der Waals surface area contributed by atoms with E-state index in [1.807, 2.05) is 12.2 Å². The summed E-state index contributed by atoms with van der Waals surface area (Å²) in [4.78, 5) is 0. The third-order valence-electron chi connectivity index (χ3n) is 2.34. The summed E-state index contributed by atoms with van der Waals surface area (Å²) in [6.45, 7) is 13.7. The van der Waals surface area contributed by atoms with E-state index < -0.39 is 0 Å². The van der Waals surface area contributed by atoms with Gasteiger partial charge in [-0.15, -0.1) is 0 Å². The molecular formula is C12H24NO2+. The van der Waals surface area contributed by atoms with Gasteiger partial charge in [0.25, 0.3) is 0 Å². The first-order valence-electron chi connectivity index (χ1n) is 5.39. The van der Waals surface area contributed by atoms with E-state index in [0.717, 1.165) is 13.1 Å². The molecule has 2 atom stereocenters. The van der Waals surface area contributed by atoms with Crippen molar-refractivity contribution in [3.8, 4) is 0 Å². The Bertz CT molecular complexity index is 178. The van der Waals surface area contributed by atoms with Crippen LogP contribution in [-0.4, -0.2) is 53.1 Å². The fourth-order valence-electron chi connectivity index (χ4n) is 2.12. The number of nitrogens with zero attached hydrogens (tertiary/aromatic N) is 1. The highest BCUT2D eigenvalue weighted by atomic mass is 16.3. The molecule has 0 aromatic carbocycles. The molecule has 0 radical (unpaired) electrons. The minimum Gasteiger partial charge on any atom is -0.388 e. The van der Waals surface area contributed by atoms with E-state index in [9.17, 15) is 10.2 Å². The van der Waals surface area contributed by atoms with Crippen LogP contribution in [0.3, 0.4) is 0 Å². The van der Waals surface area contributed by atoms with Crippen LogP contribution in [0.15, 0.2) is 25.3 Å². The maximum Gasteiger partial charge on any atom is 0.105 e. The lowest BCUT2D eigenvalue weighted by Crippen LogP contribution is -2.55. The first-order chi connectivity index (χ1) is 6.95. The van der Waals surface area contributed by atoms with Crippen LogP contribution in [0.25, 0.3) is 0 Å². The largest absolute Gasteiger partial charge is 0.388 e. The molecule has 0 aliphatic rings. The summed E-state index contributed by atoms with van der Waals surface area (Å²) in [5, 5.41) is 19.0. The van der Waals surface area contributed by atoms with Gasteiger partial charge in [0, 0.05) is 0 Å². The Morgan fingerprint density at radius 3 is 1.53 bits per heavy atom. The predicted molar refractivity (Wildman–Crippen MR) is 63.5 cm³/mol. The summed E-state index contributed by atoms with van der Waals surface area (Å²) in [7, 11) is 0. The zero-order chi connectivity index (χ0) is 11.9. The summed E-state index contributed by atoms with van der Waals surface area (Å²) < 4.78 is 0.613. The minimum absolute atomic E-state index is 0.386. The van der Waals surface area contributed by atoms with Crippen molar-refractivity contribution in [2.75, 3.05) is 26.2 Å². The number of aliphatic hydroxyl groups is 2. The van der Waals surface area contributed by atoms with E-state index in [1.54, 1.807) is 13.8 Å². The molecular weight excluding hydrogens is 190 g/mol. The van der Waals surface area contributed by atoms with Crippen LogP contribution >= 0.6 is 0 Å².